The first kappa shape index (κ1) is 47.2. The number of fused-ring (bicyclic) bond motifs is 6. The third-order valence-electron chi connectivity index (χ3n) is 12.1. The third-order valence-corrected chi connectivity index (χ3v) is 12.9. The van der Waals surface area contributed by atoms with Crippen LogP contribution in [0.4, 0.5) is 4.39 Å². The van der Waals surface area contributed by atoms with Gasteiger partial charge >= 0.3 is 5.97 Å². The summed E-state index contributed by atoms with van der Waals surface area (Å²) in [5.41, 5.74) is 0.233. The van der Waals surface area contributed by atoms with Crippen LogP contribution in [0.5, 0.6) is 0 Å². The molecule has 4 heterocycles. The molecule has 0 saturated carbocycles. The molecular formula is C42H63FN4O11S. The zero-order chi connectivity index (χ0) is 43.6. The average Bonchev–Trinajstić information content (AvgIpc) is 3.64. The predicted octanol–water partition coefficient (Wildman–Crippen LogP) is 4.34. The Morgan fingerprint density at radius 3 is 2.51 bits per heavy atom. The van der Waals surface area contributed by atoms with E-state index in [1.165, 1.54) is 32.1 Å². The SMILES string of the molecule is CC[C@H]1OC(=O)[C@@](C)(F)C(=O)[C@H](C)[C@@H](O[C@H]2O[C@H](C)C[C@H](N(C)C)[C@H]2O)[C@@]2(C)C[C@@H](C)C(=NC(C)=O)[C@H](C)[C@@H](OCC(NOCc3ccc4ncsc4c3)CO2)[C@]1(C)O. The number of aromatic nitrogens is 1. The fraction of sp³-hybridized carbons (Fsp3) is 0.738. The Hall–Kier alpha value is -2.84. The molecular weight excluding hydrogens is 788 g/mol. The number of aliphatic hydroxyl groups excluding tert-OH is 1. The second kappa shape index (κ2) is 19.1. The summed E-state index contributed by atoms with van der Waals surface area (Å²) in [7, 11) is 3.65. The van der Waals surface area contributed by atoms with Gasteiger partial charge in [-0.1, -0.05) is 33.8 Å². The normalized spacial score (nSPS) is 40.1. The third kappa shape index (κ3) is 10.4. The standard InChI is InChI=1S/C42H63FN4O11S/c1-12-32-42(9,52)37-24(4)33(45-26(6)48)22(2)17-40(7,54-20-28(19-53-37)46-55-18-27-13-14-29-31(16-27)59-21-44-29)36(25(5)35(50)41(8,43)39(51)57-32)58-38-34(49)30(47(10)11)15-23(3)56-38/h13-14,16,21-25,28,30,32,34,36-38,46,49,52H,12,15,17-20H2,1-11H3/t22-,23-,24+,25+,28?,30+,32-,34-,36-,37-,38-,40-,41+,42-/m1/s1. The Labute approximate surface area is 350 Å². The Kier molecular flexibility index (Phi) is 15.2. The number of ketones is 1. The number of ether oxygens (including phenoxy) is 5. The topological polar surface area (TPSA) is 188 Å². The number of hydrogen-bond acceptors (Lipinski definition) is 15. The highest BCUT2D eigenvalue weighted by Crippen LogP contribution is 2.41. The van der Waals surface area contributed by atoms with Gasteiger partial charge in [-0.3, -0.25) is 14.4 Å². The Balaban J connectivity index is 1.65. The van der Waals surface area contributed by atoms with Crippen LogP contribution in [0.1, 0.15) is 87.1 Å². The van der Waals surface area contributed by atoms with Gasteiger partial charge in [0.15, 0.2) is 12.1 Å². The molecule has 3 saturated heterocycles. The highest BCUT2D eigenvalue weighted by atomic mass is 32.1. The van der Waals surface area contributed by atoms with Crippen LogP contribution < -0.4 is 5.48 Å². The number of benzene rings is 1. The number of amides is 1. The molecule has 3 fully saturated rings. The first-order valence-corrected chi connectivity index (χ1v) is 21.3. The summed E-state index contributed by atoms with van der Waals surface area (Å²) in [6, 6.07) is 4.69. The first-order chi connectivity index (χ1) is 27.6. The van der Waals surface area contributed by atoms with Gasteiger partial charge in [0.25, 0.3) is 5.67 Å². The molecule has 1 aromatic heterocycles. The van der Waals surface area contributed by atoms with E-state index in [9.17, 15) is 24.6 Å². The number of rotatable bonds is 8. The van der Waals surface area contributed by atoms with Crippen molar-refractivity contribution >= 4 is 44.9 Å². The Morgan fingerprint density at radius 2 is 1.85 bits per heavy atom. The number of carbonyl (C=O) groups excluding carboxylic acids is 3. The van der Waals surface area contributed by atoms with Crippen molar-refractivity contribution in [3.63, 3.8) is 0 Å². The molecule has 14 atom stereocenters. The van der Waals surface area contributed by atoms with Crippen molar-refractivity contribution in [1.82, 2.24) is 15.4 Å². The van der Waals surface area contributed by atoms with E-state index in [-0.39, 0.29) is 44.8 Å². The number of thiazole rings is 1. The van der Waals surface area contributed by atoms with Crippen molar-refractivity contribution in [2.75, 3.05) is 27.3 Å². The van der Waals surface area contributed by atoms with Gasteiger partial charge in [-0.05, 0) is 84.7 Å². The molecule has 1 unspecified atom stereocenters. The van der Waals surface area contributed by atoms with Crippen LogP contribution in [-0.4, -0.2) is 137 Å². The van der Waals surface area contributed by atoms with E-state index in [4.69, 9.17) is 28.5 Å². The summed E-state index contributed by atoms with van der Waals surface area (Å²) in [4.78, 5) is 57.8. The van der Waals surface area contributed by atoms with E-state index in [2.05, 4.69) is 15.5 Å². The molecule has 2 bridgehead atoms. The minimum Gasteiger partial charge on any atom is -0.457 e. The van der Waals surface area contributed by atoms with Gasteiger partial charge in [-0.25, -0.2) is 19.2 Å². The molecule has 0 radical (unpaired) electrons. The molecule has 1 aromatic carbocycles. The molecule has 3 N–H and O–H groups in total. The van der Waals surface area contributed by atoms with E-state index in [0.717, 1.165) is 22.7 Å². The van der Waals surface area contributed by atoms with Crippen molar-refractivity contribution in [3.05, 3.63) is 29.3 Å². The number of cyclic esters (lactones) is 1. The average molecular weight is 851 g/mol. The smallest absolute Gasteiger partial charge is 0.351 e. The maximum atomic E-state index is 16.9. The van der Waals surface area contributed by atoms with E-state index >= 15 is 4.39 Å². The molecule has 1 amide bonds. The lowest BCUT2D eigenvalue weighted by Crippen LogP contribution is -2.61. The summed E-state index contributed by atoms with van der Waals surface area (Å²) in [5.74, 6) is -5.93. The first-order valence-electron chi connectivity index (χ1n) is 20.5. The molecule has 0 spiro atoms. The lowest BCUT2D eigenvalue weighted by atomic mass is 9.73. The number of likely N-dealkylation sites (N-methyl/N-ethyl adjacent to an activating group) is 1. The number of esters is 1. The molecule has 5 rings (SSSR count). The Bertz CT molecular complexity index is 1820. The fourth-order valence-corrected chi connectivity index (χ4v) is 9.68. The highest BCUT2D eigenvalue weighted by Gasteiger charge is 2.56. The number of hydroxylamine groups is 1. The number of nitrogens with zero attached hydrogens (tertiary/aromatic N) is 3. The van der Waals surface area contributed by atoms with Crippen LogP contribution in [0.25, 0.3) is 10.2 Å². The number of nitrogens with one attached hydrogen (secondary N) is 1. The summed E-state index contributed by atoms with van der Waals surface area (Å²) < 4.78 is 49.9. The molecule has 3 aliphatic heterocycles. The monoisotopic (exact) mass is 850 g/mol. The van der Waals surface area contributed by atoms with Gasteiger partial charge in [0.05, 0.1) is 65.5 Å². The van der Waals surface area contributed by atoms with Crippen LogP contribution in [0.2, 0.25) is 0 Å². The number of carbonyl (C=O) groups is 3. The zero-order valence-corrected chi connectivity index (χ0v) is 36.9. The van der Waals surface area contributed by atoms with Crippen LogP contribution in [0.15, 0.2) is 28.7 Å². The second-order valence-electron chi connectivity index (χ2n) is 17.4. The van der Waals surface area contributed by atoms with Crippen molar-refractivity contribution in [3.8, 4) is 0 Å². The fourth-order valence-electron chi connectivity index (χ4n) is 8.94. The van der Waals surface area contributed by atoms with Crippen LogP contribution >= 0.6 is 11.3 Å². The number of alkyl halides is 1. The van der Waals surface area contributed by atoms with Crippen molar-refractivity contribution < 1.29 is 57.5 Å². The van der Waals surface area contributed by atoms with E-state index in [1.54, 1.807) is 26.3 Å². The molecule has 0 aliphatic carbocycles. The molecule has 15 nitrogen and oxygen atoms in total. The van der Waals surface area contributed by atoms with E-state index in [0.29, 0.717) is 12.1 Å². The van der Waals surface area contributed by atoms with Crippen molar-refractivity contribution in [1.29, 1.82) is 0 Å². The summed E-state index contributed by atoms with van der Waals surface area (Å²) in [5, 5.41) is 24.0. The van der Waals surface area contributed by atoms with Crippen molar-refractivity contribution in [2.24, 2.45) is 22.7 Å². The van der Waals surface area contributed by atoms with Gasteiger partial charge in [0, 0.05) is 30.5 Å². The van der Waals surface area contributed by atoms with E-state index in [1.807, 2.05) is 51.0 Å². The molecule has 330 valence electrons. The minimum atomic E-state index is -3.20. The van der Waals surface area contributed by atoms with Crippen LogP contribution in [0.3, 0.4) is 0 Å². The summed E-state index contributed by atoms with van der Waals surface area (Å²) in [6.45, 7) is 13.7. The summed E-state index contributed by atoms with van der Waals surface area (Å²) in [6.07, 6.45) is -6.21. The number of aliphatic hydroxyl groups is 2. The maximum Gasteiger partial charge on any atom is 0.351 e. The van der Waals surface area contributed by atoms with Gasteiger partial charge in [0.2, 0.25) is 5.91 Å². The minimum absolute atomic E-state index is 0.0177. The number of halogens is 1. The van der Waals surface area contributed by atoms with Gasteiger partial charge in [-0.15, -0.1) is 11.3 Å². The van der Waals surface area contributed by atoms with Gasteiger partial charge in [-0.2, -0.15) is 5.48 Å². The van der Waals surface area contributed by atoms with Crippen LogP contribution in [0, 0.1) is 17.8 Å². The zero-order valence-electron chi connectivity index (χ0n) is 36.1. The lowest BCUT2D eigenvalue weighted by molar-refractivity contribution is -0.298. The number of Topliss-reactive ketones (excluding diaryl/α,β-unsaturated/α-hetero) is 1. The second-order valence-corrected chi connectivity index (χ2v) is 18.3. The number of aliphatic imine (C=N–C) groups is 1. The van der Waals surface area contributed by atoms with Gasteiger partial charge < -0.3 is 38.8 Å². The predicted molar refractivity (Wildman–Crippen MR) is 218 cm³/mol. The molecule has 2 aromatic rings. The maximum absolute atomic E-state index is 16.9. The van der Waals surface area contributed by atoms with E-state index < -0.39 is 89.0 Å². The molecule has 59 heavy (non-hydrogen) atoms. The summed E-state index contributed by atoms with van der Waals surface area (Å²) >= 11 is 1.51. The lowest BCUT2D eigenvalue weighted by Gasteiger charge is -2.48. The quantitative estimate of drug-likeness (QED) is 0.193. The Morgan fingerprint density at radius 1 is 1.14 bits per heavy atom. The highest BCUT2D eigenvalue weighted by molar-refractivity contribution is 7.16. The number of hydrogen-bond donors (Lipinski definition) is 3. The molecule has 17 heteroatoms. The van der Waals surface area contributed by atoms with Gasteiger partial charge in [0.1, 0.15) is 17.8 Å². The van der Waals surface area contributed by atoms with Crippen LogP contribution in [-0.2, 0) is 49.5 Å². The largest absolute Gasteiger partial charge is 0.457 e. The van der Waals surface area contributed by atoms with Crippen molar-refractivity contribution in [2.45, 2.75) is 154 Å². The molecule has 3 aliphatic rings.